The molecule has 7 rings (SSSR count). The van der Waals surface area contributed by atoms with Crippen LogP contribution in [0.15, 0.2) is 103 Å². The highest BCUT2D eigenvalue weighted by Crippen LogP contribution is 2.37. The normalized spacial score (nSPS) is 13.2. The molecule has 2 heterocycles. The first kappa shape index (κ1) is 17.6. The zero-order chi connectivity index (χ0) is 21.1. The molecule has 0 saturated carbocycles. The van der Waals surface area contributed by atoms with E-state index in [9.17, 15) is 0 Å². The quantitative estimate of drug-likeness (QED) is 0.277. The smallest absolute Gasteiger partial charge is 0.0541 e. The Hall–Kier alpha value is -4.04. The molecular weight excluding hydrogens is 388 g/mol. The maximum Gasteiger partial charge on any atom is 0.0541 e. The summed E-state index contributed by atoms with van der Waals surface area (Å²) in [6.07, 6.45) is 6.78. The Kier molecular flexibility index (Phi) is 3.71. The third kappa shape index (κ3) is 2.41. The minimum atomic E-state index is 1.08. The van der Waals surface area contributed by atoms with Crippen molar-refractivity contribution in [2.45, 2.75) is 12.8 Å². The van der Waals surface area contributed by atoms with E-state index >= 15 is 0 Å². The Morgan fingerprint density at radius 1 is 0.531 bits per heavy atom. The lowest BCUT2D eigenvalue weighted by Crippen LogP contribution is -1.99. The minimum Gasteiger partial charge on any atom is -0.310 e. The molecule has 152 valence electrons. The molecule has 2 aromatic heterocycles. The summed E-state index contributed by atoms with van der Waals surface area (Å²) in [7, 11) is 0. The van der Waals surface area contributed by atoms with Gasteiger partial charge in [-0.2, -0.15) is 0 Å². The lowest BCUT2D eigenvalue weighted by atomic mass is 10.0. The number of aromatic nitrogens is 2. The molecule has 6 aromatic rings. The predicted molar refractivity (Wildman–Crippen MR) is 135 cm³/mol. The Labute approximate surface area is 186 Å². The standard InChI is InChI=1S/C30H22N2/c1-2-10-21(11-3-1)31-29-17-9-6-14-25(29)26-20-22(18-19-30(26)31)32-27-15-7-4-12-23(27)24-13-5-8-16-28(24)32/h1-5,7-13,15-20H,6,14H2. The number of allylic oxidation sites excluding steroid dienone is 1. The van der Waals surface area contributed by atoms with Crippen molar-refractivity contribution in [2.24, 2.45) is 0 Å². The van der Waals surface area contributed by atoms with Gasteiger partial charge in [0.1, 0.15) is 0 Å². The molecule has 0 atom stereocenters. The number of hydrogen-bond acceptors (Lipinski definition) is 0. The van der Waals surface area contributed by atoms with E-state index in [2.05, 4.69) is 118 Å². The SMILES string of the molecule is C1=Cc2c(c3cc(-n4c5ccccc5c5ccccc54)ccc3n2-c2ccccc2)CC1. The monoisotopic (exact) mass is 410 g/mol. The molecule has 0 radical (unpaired) electrons. The third-order valence-electron chi connectivity index (χ3n) is 6.79. The molecule has 2 nitrogen and oxygen atoms in total. The minimum absolute atomic E-state index is 1.08. The van der Waals surface area contributed by atoms with Gasteiger partial charge in [0.25, 0.3) is 0 Å². The summed E-state index contributed by atoms with van der Waals surface area (Å²) in [4.78, 5) is 0. The van der Waals surface area contributed by atoms with E-state index in [0.717, 1.165) is 12.8 Å². The van der Waals surface area contributed by atoms with Gasteiger partial charge in [0.15, 0.2) is 0 Å². The van der Waals surface area contributed by atoms with Crippen LogP contribution in [0, 0.1) is 0 Å². The average Bonchev–Trinajstić information content (AvgIpc) is 3.37. The van der Waals surface area contributed by atoms with Gasteiger partial charge in [-0.15, -0.1) is 0 Å². The van der Waals surface area contributed by atoms with E-state index in [-0.39, 0.29) is 0 Å². The molecule has 0 saturated heterocycles. The number of hydrogen-bond donors (Lipinski definition) is 0. The highest BCUT2D eigenvalue weighted by molar-refractivity contribution is 6.09. The van der Waals surface area contributed by atoms with Crippen LogP contribution < -0.4 is 0 Å². The van der Waals surface area contributed by atoms with Gasteiger partial charge in [-0.25, -0.2) is 0 Å². The Morgan fingerprint density at radius 3 is 1.94 bits per heavy atom. The maximum absolute atomic E-state index is 2.41. The topological polar surface area (TPSA) is 9.86 Å². The van der Waals surface area contributed by atoms with Crippen LogP contribution in [0.3, 0.4) is 0 Å². The van der Waals surface area contributed by atoms with Crippen LogP contribution in [0.2, 0.25) is 0 Å². The summed E-state index contributed by atoms with van der Waals surface area (Å²) in [6.45, 7) is 0. The molecule has 0 aliphatic heterocycles. The van der Waals surface area contributed by atoms with Crippen LogP contribution in [-0.4, -0.2) is 9.13 Å². The highest BCUT2D eigenvalue weighted by Gasteiger charge is 2.20. The number of rotatable bonds is 2. The first-order valence-electron chi connectivity index (χ1n) is 11.3. The van der Waals surface area contributed by atoms with E-state index < -0.39 is 0 Å². The van der Waals surface area contributed by atoms with Crippen molar-refractivity contribution >= 4 is 38.8 Å². The predicted octanol–water partition coefficient (Wildman–Crippen LogP) is 7.69. The van der Waals surface area contributed by atoms with Crippen molar-refractivity contribution in [1.82, 2.24) is 9.13 Å². The number of aryl methyl sites for hydroxylation is 1. The summed E-state index contributed by atoms with van der Waals surface area (Å²) in [6, 6.07) is 35.1. The third-order valence-corrected chi connectivity index (χ3v) is 6.79. The summed E-state index contributed by atoms with van der Waals surface area (Å²) < 4.78 is 4.82. The van der Waals surface area contributed by atoms with Gasteiger partial charge >= 0.3 is 0 Å². The number of benzene rings is 4. The van der Waals surface area contributed by atoms with Gasteiger partial charge < -0.3 is 9.13 Å². The second kappa shape index (κ2) is 6.73. The number of fused-ring (bicyclic) bond motifs is 6. The Bertz CT molecular complexity index is 1610. The van der Waals surface area contributed by atoms with E-state index in [0.29, 0.717) is 0 Å². The van der Waals surface area contributed by atoms with Gasteiger partial charge in [-0.1, -0.05) is 60.7 Å². The summed E-state index contributed by atoms with van der Waals surface area (Å²) in [5.74, 6) is 0. The molecule has 0 bridgehead atoms. The Balaban J connectivity index is 1.56. The number of para-hydroxylation sites is 3. The fraction of sp³-hybridized carbons (Fsp3) is 0.0667. The largest absolute Gasteiger partial charge is 0.310 e. The van der Waals surface area contributed by atoms with E-state index in [1.165, 1.54) is 55.3 Å². The first-order valence-corrected chi connectivity index (χ1v) is 11.3. The first-order chi connectivity index (χ1) is 15.9. The van der Waals surface area contributed by atoms with Crippen LogP contribution in [0.5, 0.6) is 0 Å². The Morgan fingerprint density at radius 2 is 1.19 bits per heavy atom. The molecular formula is C30H22N2. The molecule has 0 amide bonds. The van der Waals surface area contributed by atoms with E-state index in [4.69, 9.17) is 0 Å². The number of nitrogens with zero attached hydrogens (tertiary/aromatic N) is 2. The zero-order valence-corrected chi connectivity index (χ0v) is 17.7. The van der Waals surface area contributed by atoms with Crippen molar-refractivity contribution < 1.29 is 0 Å². The molecule has 1 aliphatic carbocycles. The van der Waals surface area contributed by atoms with E-state index in [1.807, 2.05) is 0 Å². The summed E-state index contributed by atoms with van der Waals surface area (Å²) >= 11 is 0. The van der Waals surface area contributed by atoms with Crippen LogP contribution >= 0.6 is 0 Å². The summed E-state index contributed by atoms with van der Waals surface area (Å²) in [5, 5.41) is 3.96. The van der Waals surface area contributed by atoms with Crippen molar-refractivity contribution in [3.05, 3.63) is 114 Å². The molecule has 4 aromatic carbocycles. The van der Waals surface area contributed by atoms with Crippen molar-refractivity contribution in [2.75, 3.05) is 0 Å². The van der Waals surface area contributed by atoms with E-state index in [1.54, 1.807) is 0 Å². The van der Waals surface area contributed by atoms with Gasteiger partial charge in [-0.05, 0) is 66.9 Å². The van der Waals surface area contributed by atoms with Crippen LogP contribution in [0.4, 0.5) is 0 Å². The van der Waals surface area contributed by atoms with Gasteiger partial charge in [0.05, 0.1) is 16.6 Å². The molecule has 0 unspecified atom stereocenters. The van der Waals surface area contributed by atoms with Crippen molar-refractivity contribution in [1.29, 1.82) is 0 Å². The van der Waals surface area contributed by atoms with Gasteiger partial charge in [-0.3, -0.25) is 0 Å². The van der Waals surface area contributed by atoms with Crippen LogP contribution in [0.1, 0.15) is 17.7 Å². The second-order valence-electron chi connectivity index (χ2n) is 8.55. The highest BCUT2D eigenvalue weighted by atomic mass is 15.0. The zero-order valence-electron chi connectivity index (χ0n) is 17.7. The lowest BCUT2D eigenvalue weighted by molar-refractivity contribution is 0.967. The molecule has 32 heavy (non-hydrogen) atoms. The van der Waals surface area contributed by atoms with Gasteiger partial charge in [0, 0.05) is 33.2 Å². The van der Waals surface area contributed by atoms with Crippen LogP contribution in [-0.2, 0) is 6.42 Å². The molecule has 1 aliphatic rings. The average molecular weight is 411 g/mol. The molecule has 0 N–H and O–H groups in total. The molecule has 2 heteroatoms. The van der Waals surface area contributed by atoms with Crippen LogP contribution in [0.25, 0.3) is 50.2 Å². The fourth-order valence-electron chi connectivity index (χ4n) is 5.42. The molecule has 0 fully saturated rings. The second-order valence-corrected chi connectivity index (χ2v) is 8.55. The molecule has 0 spiro atoms. The van der Waals surface area contributed by atoms with Crippen molar-refractivity contribution in [3.63, 3.8) is 0 Å². The lowest BCUT2D eigenvalue weighted by Gasteiger charge is -2.11. The summed E-state index contributed by atoms with van der Waals surface area (Å²) in [5.41, 5.74) is 8.99. The fourth-order valence-corrected chi connectivity index (χ4v) is 5.42. The van der Waals surface area contributed by atoms with Crippen molar-refractivity contribution in [3.8, 4) is 11.4 Å². The maximum atomic E-state index is 2.41. The van der Waals surface area contributed by atoms with Gasteiger partial charge in [0.2, 0.25) is 0 Å².